The molecule has 0 amide bonds. The Morgan fingerprint density at radius 1 is 1.35 bits per heavy atom. The molecular weight excluding hydrogens is 236 g/mol. The minimum atomic E-state index is 0.454. The molecule has 0 N–H and O–H groups in total. The number of halogens is 1. The Morgan fingerprint density at radius 2 is 2.18 bits per heavy atom. The lowest BCUT2D eigenvalue weighted by Crippen LogP contribution is -2.06. The number of pyridine rings is 1. The van der Waals surface area contributed by atoms with Crippen LogP contribution in [0, 0.1) is 6.92 Å². The van der Waals surface area contributed by atoms with Gasteiger partial charge in [0.2, 0.25) is 5.28 Å². The summed E-state index contributed by atoms with van der Waals surface area (Å²) < 4.78 is 1.96. The summed E-state index contributed by atoms with van der Waals surface area (Å²) in [5.74, 6) is 1.54. The highest BCUT2D eigenvalue weighted by Crippen LogP contribution is 2.39. The summed E-state index contributed by atoms with van der Waals surface area (Å²) in [6, 6.07) is 5.99. The van der Waals surface area contributed by atoms with E-state index >= 15 is 0 Å². The Kier molecular flexibility index (Phi) is 2.59. The smallest absolute Gasteiger partial charge is 0.225 e. The van der Waals surface area contributed by atoms with Crippen molar-refractivity contribution in [1.82, 2.24) is 19.7 Å². The van der Waals surface area contributed by atoms with Gasteiger partial charge in [-0.2, -0.15) is 0 Å². The third kappa shape index (κ3) is 2.17. The quantitative estimate of drug-likeness (QED) is 0.839. The van der Waals surface area contributed by atoms with Gasteiger partial charge in [-0.25, -0.2) is 0 Å². The lowest BCUT2D eigenvalue weighted by molar-refractivity contribution is 0.710. The number of hydrogen-bond donors (Lipinski definition) is 0. The molecule has 3 rings (SSSR count). The molecule has 88 valence electrons. The molecule has 0 saturated heterocycles. The van der Waals surface area contributed by atoms with E-state index in [-0.39, 0.29) is 0 Å². The zero-order valence-electron chi connectivity index (χ0n) is 9.60. The van der Waals surface area contributed by atoms with Crippen molar-refractivity contribution in [3.8, 4) is 0 Å². The van der Waals surface area contributed by atoms with Gasteiger partial charge >= 0.3 is 0 Å². The van der Waals surface area contributed by atoms with E-state index in [1.54, 1.807) is 0 Å². The predicted molar refractivity (Wildman–Crippen MR) is 65.1 cm³/mol. The molecule has 2 aromatic rings. The summed E-state index contributed by atoms with van der Waals surface area (Å²) in [5, 5.41) is 8.55. The van der Waals surface area contributed by atoms with Gasteiger partial charge in [-0.1, -0.05) is 6.07 Å². The highest BCUT2D eigenvalue weighted by molar-refractivity contribution is 6.28. The summed E-state index contributed by atoms with van der Waals surface area (Å²) >= 11 is 6.07. The molecule has 0 radical (unpaired) electrons. The zero-order valence-corrected chi connectivity index (χ0v) is 10.4. The molecule has 0 aliphatic heterocycles. The van der Waals surface area contributed by atoms with Crippen LogP contribution in [0.3, 0.4) is 0 Å². The first-order chi connectivity index (χ1) is 8.24. The predicted octanol–water partition coefficient (Wildman–Crippen LogP) is 2.56. The number of nitrogens with zero attached hydrogens (tertiary/aromatic N) is 4. The molecule has 0 atom stereocenters. The maximum Gasteiger partial charge on any atom is 0.225 e. The van der Waals surface area contributed by atoms with Crippen LogP contribution in [0.1, 0.15) is 36.0 Å². The van der Waals surface area contributed by atoms with Gasteiger partial charge in [-0.15, -0.1) is 10.2 Å². The van der Waals surface area contributed by atoms with Crippen LogP contribution in [0.2, 0.25) is 5.28 Å². The van der Waals surface area contributed by atoms with Gasteiger partial charge in [0.05, 0.1) is 12.2 Å². The van der Waals surface area contributed by atoms with Crippen molar-refractivity contribution < 1.29 is 0 Å². The standard InChI is InChI=1S/C12H13ClN4/c1-8-3-2-4-10(14-8)7-17-11(9-5-6-9)15-16-12(17)13/h2-4,9H,5-7H2,1H3. The maximum absolute atomic E-state index is 6.07. The van der Waals surface area contributed by atoms with Crippen LogP contribution in [-0.4, -0.2) is 19.7 Å². The van der Waals surface area contributed by atoms with Crippen molar-refractivity contribution in [2.24, 2.45) is 0 Å². The van der Waals surface area contributed by atoms with E-state index in [1.165, 1.54) is 12.8 Å². The number of rotatable bonds is 3. The molecule has 0 unspecified atom stereocenters. The third-order valence-electron chi connectivity index (χ3n) is 2.94. The molecule has 5 heteroatoms. The molecule has 17 heavy (non-hydrogen) atoms. The van der Waals surface area contributed by atoms with Crippen LogP contribution < -0.4 is 0 Å². The summed E-state index contributed by atoms with van der Waals surface area (Å²) in [7, 11) is 0. The lowest BCUT2D eigenvalue weighted by Gasteiger charge is -2.07. The Morgan fingerprint density at radius 3 is 2.88 bits per heavy atom. The van der Waals surface area contributed by atoms with Crippen molar-refractivity contribution >= 4 is 11.6 Å². The molecule has 1 aliphatic rings. The number of aromatic nitrogens is 4. The third-order valence-corrected chi connectivity index (χ3v) is 3.22. The van der Waals surface area contributed by atoms with Crippen LogP contribution in [0.25, 0.3) is 0 Å². The van der Waals surface area contributed by atoms with E-state index in [1.807, 2.05) is 29.7 Å². The van der Waals surface area contributed by atoms with E-state index < -0.39 is 0 Å². The molecule has 0 aromatic carbocycles. The van der Waals surface area contributed by atoms with Gasteiger partial charge in [0.25, 0.3) is 0 Å². The normalized spacial score (nSPS) is 15.2. The van der Waals surface area contributed by atoms with Crippen LogP contribution in [-0.2, 0) is 6.54 Å². The monoisotopic (exact) mass is 248 g/mol. The van der Waals surface area contributed by atoms with Gasteiger partial charge in [0, 0.05) is 11.6 Å². The Balaban J connectivity index is 1.91. The van der Waals surface area contributed by atoms with Crippen LogP contribution >= 0.6 is 11.6 Å². The Bertz CT molecular complexity index is 545. The average molecular weight is 249 g/mol. The fourth-order valence-electron chi connectivity index (χ4n) is 1.93. The molecule has 0 bridgehead atoms. The second-order valence-corrected chi connectivity index (χ2v) is 4.80. The van der Waals surface area contributed by atoms with Gasteiger partial charge in [-0.05, 0) is 43.5 Å². The summed E-state index contributed by atoms with van der Waals surface area (Å²) in [6.45, 7) is 2.64. The summed E-state index contributed by atoms with van der Waals surface area (Å²) in [6.07, 6.45) is 2.38. The first-order valence-corrected chi connectivity index (χ1v) is 6.13. The topological polar surface area (TPSA) is 43.6 Å². The molecule has 1 saturated carbocycles. The molecular formula is C12H13ClN4. The van der Waals surface area contributed by atoms with E-state index in [0.29, 0.717) is 17.7 Å². The lowest BCUT2D eigenvalue weighted by atomic mass is 10.3. The van der Waals surface area contributed by atoms with Gasteiger partial charge < -0.3 is 0 Å². The minimum absolute atomic E-state index is 0.454. The van der Waals surface area contributed by atoms with Crippen molar-refractivity contribution in [1.29, 1.82) is 0 Å². The first kappa shape index (κ1) is 10.7. The van der Waals surface area contributed by atoms with E-state index in [4.69, 9.17) is 11.6 Å². The summed E-state index contributed by atoms with van der Waals surface area (Å²) in [4.78, 5) is 4.47. The molecule has 1 fully saturated rings. The second-order valence-electron chi connectivity index (χ2n) is 4.46. The van der Waals surface area contributed by atoms with Crippen molar-refractivity contribution in [2.75, 3.05) is 0 Å². The highest BCUT2D eigenvalue weighted by atomic mass is 35.5. The Hall–Kier alpha value is -1.42. The van der Waals surface area contributed by atoms with Crippen LogP contribution in [0.5, 0.6) is 0 Å². The summed E-state index contributed by atoms with van der Waals surface area (Å²) in [5.41, 5.74) is 2.01. The zero-order chi connectivity index (χ0) is 11.8. The minimum Gasteiger partial charge on any atom is -0.295 e. The number of aryl methyl sites for hydroxylation is 1. The Labute approximate surface area is 105 Å². The fourth-order valence-corrected chi connectivity index (χ4v) is 2.12. The maximum atomic E-state index is 6.07. The van der Waals surface area contributed by atoms with Gasteiger partial charge in [0.15, 0.2) is 0 Å². The van der Waals surface area contributed by atoms with Crippen molar-refractivity contribution in [3.63, 3.8) is 0 Å². The van der Waals surface area contributed by atoms with Crippen molar-refractivity contribution in [2.45, 2.75) is 32.2 Å². The molecule has 2 aromatic heterocycles. The largest absolute Gasteiger partial charge is 0.295 e. The molecule has 0 spiro atoms. The number of hydrogen-bond acceptors (Lipinski definition) is 3. The molecule has 2 heterocycles. The second kappa shape index (κ2) is 4.11. The van der Waals surface area contributed by atoms with Gasteiger partial charge in [-0.3, -0.25) is 9.55 Å². The molecule has 1 aliphatic carbocycles. The SMILES string of the molecule is Cc1cccc(Cn2c(Cl)nnc2C2CC2)n1. The average Bonchev–Trinajstić information content (AvgIpc) is 3.07. The highest BCUT2D eigenvalue weighted by Gasteiger charge is 2.30. The molecule has 4 nitrogen and oxygen atoms in total. The van der Waals surface area contributed by atoms with Crippen LogP contribution in [0.15, 0.2) is 18.2 Å². The van der Waals surface area contributed by atoms with Crippen molar-refractivity contribution in [3.05, 3.63) is 40.7 Å². The van der Waals surface area contributed by atoms with E-state index in [9.17, 15) is 0 Å². The van der Waals surface area contributed by atoms with Crippen LogP contribution in [0.4, 0.5) is 0 Å². The van der Waals surface area contributed by atoms with Gasteiger partial charge in [0.1, 0.15) is 5.82 Å². The fraction of sp³-hybridized carbons (Fsp3) is 0.417. The first-order valence-electron chi connectivity index (χ1n) is 5.75. The van der Waals surface area contributed by atoms with E-state index in [0.717, 1.165) is 17.2 Å². The van der Waals surface area contributed by atoms with E-state index in [2.05, 4.69) is 15.2 Å².